The van der Waals surface area contributed by atoms with Crippen molar-refractivity contribution in [2.75, 3.05) is 23.3 Å². The van der Waals surface area contributed by atoms with E-state index < -0.39 is 0 Å². The molecule has 0 spiro atoms. The minimum absolute atomic E-state index is 0.0235. The molecule has 3 aromatic rings. The molecule has 0 saturated carbocycles. The van der Waals surface area contributed by atoms with Gasteiger partial charge in [0.2, 0.25) is 5.91 Å². The predicted molar refractivity (Wildman–Crippen MR) is 104 cm³/mol. The molecular formula is C21H23N3O2. The van der Waals surface area contributed by atoms with Gasteiger partial charge in [0.15, 0.2) is 11.5 Å². The molecule has 1 aromatic heterocycles. The molecule has 1 saturated heterocycles. The predicted octanol–water partition coefficient (Wildman–Crippen LogP) is 4.31. The number of carbonyl (C=O) groups excluding carboxylic acids is 1. The minimum Gasteiger partial charge on any atom is -0.441 e. The monoisotopic (exact) mass is 349 g/mol. The summed E-state index contributed by atoms with van der Waals surface area (Å²) in [5.74, 6) is 0.683. The molecule has 1 fully saturated rings. The van der Waals surface area contributed by atoms with E-state index in [1.165, 1.54) is 18.5 Å². The van der Waals surface area contributed by atoms with Crippen LogP contribution in [0.1, 0.15) is 30.7 Å². The van der Waals surface area contributed by atoms with Crippen molar-refractivity contribution in [2.24, 2.45) is 0 Å². The lowest BCUT2D eigenvalue weighted by atomic mass is 10.1. The number of benzene rings is 2. The first-order chi connectivity index (χ1) is 12.7. The standard InChI is InChI=1S/C21H23N3O2/c1-15-22-19-14-16(4-10-20(19)26-15)5-11-21(25)23-17-6-8-18(9-7-17)24-12-2-3-13-24/h4,6-10,14H,2-3,5,11-13H2,1H3,(H,23,25). The summed E-state index contributed by atoms with van der Waals surface area (Å²) in [6.07, 6.45) is 3.64. The second-order valence-corrected chi connectivity index (χ2v) is 6.82. The van der Waals surface area contributed by atoms with Crippen LogP contribution in [-0.4, -0.2) is 24.0 Å². The Bertz CT molecular complexity index is 909. The molecule has 1 amide bonds. The van der Waals surface area contributed by atoms with Crippen LogP contribution in [0.25, 0.3) is 11.1 Å². The van der Waals surface area contributed by atoms with Crippen LogP contribution in [0.15, 0.2) is 46.9 Å². The number of rotatable bonds is 5. The summed E-state index contributed by atoms with van der Waals surface area (Å²) < 4.78 is 5.48. The summed E-state index contributed by atoms with van der Waals surface area (Å²) in [4.78, 5) is 19.0. The van der Waals surface area contributed by atoms with Crippen LogP contribution in [0.5, 0.6) is 0 Å². The number of aryl methyl sites for hydroxylation is 2. The largest absolute Gasteiger partial charge is 0.441 e. The Morgan fingerprint density at radius 2 is 1.92 bits per heavy atom. The first kappa shape index (κ1) is 16.6. The highest BCUT2D eigenvalue weighted by molar-refractivity contribution is 5.91. The van der Waals surface area contributed by atoms with Gasteiger partial charge < -0.3 is 14.6 Å². The maximum Gasteiger partial charge on any atom is 0.224 e. The van der Waals surface area contributed by atoms with Gasteiger partial charge in [-0.25, -0.2) is 4.98 Å². The highest BCUT2D eigenvalue weighted by Gasteiger charge is 2.12. The van der Waals surface area contributed by atoms with E-state index in [9.17, 15) is 4.79 Å². The zero-order valence-electron chi connectivity index (χ0n) is 15.0. The summed E-state index contributed by atoms with van der Waals surface area (Å²) in [6.45, 7) is 4.09. The number of anilines is 2. The third-order valence-electron chi connectivity index (χ3n) is 4.82. The van der Waals surface area contributed by atoms with Crippen molar-refractivity contribution in [3.63, 3.8) is 0 Å². The number of aromatic nitrogens is 1. The molecule has 0 aliphatic carbocycles. The Labute approximate surface area is 153 Å². The fourth-order valence-corrected chi connectivity index (χ4v) is 3.46. The van der Waals surface area contributed by atoms with Gasteiger partial charge in [-0.15, -0.1) is 0 Å². The van der Waals surface area contributed by atoms with Gasteiger partial charge in [0, 0.05) is 37.8 Å². The summed E-state index contributed by atoms with van der Waals surface area (Å²) in [6, 6.07) is 14.0. The zero-order valence-corrected chi connectivity index (χ0v) is 15.0. The highest BCUT2D eigenvalue weighted by Crippen LogP contribution is 2.22. The zero-order chi connectivity index (χ0) is 17.9. The lowest BCUT2D eigenvalue weighted by Gasteiger charge is -2.17. The van der Waals surface area contributed by atoms with E-state index in [2.05, 4.69) is 27.3 Å². The number of fused-ring (bicyclic) bond motifs is 1. The van der Waals surface area contributed by atoms with Gasteiger partial charge in [-0.05, 0) is 61.2 Å². The molecule has 2 aromatic carbocycles. The van der Waals surface area contributed by atoms with Crippen molar-refractivity contribution < 1.29 is 9.21 Å². The van der Waals surface area contributed by atoms with Crippen LogP contribution >= 0.6 is 0 Å². The molecule has 0 radical (unpaired) electrons. The SMILES string of the molecule is Cc1nc2cc(CCC(=O)Nc3ccc(N4CCCC4)cc3)ccc2o1. The molecule has 4 rings (SSSR count). The Morgan fingerprint density at radius 1 is 1.15 bits per heavy atom. The van der Waals surface area contributed by atoms with Crippen LogP contribution in [-0.2, 0) is 11.2 Å². The smallest absolute Gasteiger partial charge is 0.224 e. The average Bonchev–Trinajstić information content (AvgIpc) is 3.29. The van der Waals surface area contributed by atoms with E-state index in [0.29, 0.717) is 18.7 Å². The quantitative estimate of drug-likeness (QED) is 0.746. The maximum absolute atomic E-state index is 12.2. The van der Waals surface area contributed by atoms with Gasteiger partial charge in [-0.1, -0.05) is 6.07 Å². The van der Waals surface area contributed by atoms with Crippen molar-refractivity contribution in [3.8, 4) is 0 Å². The second-order valence-electron chi connectivity index (χ2n) is 6.82. The summed E-state index contributed by atoms with van der Waals surface area (Å²) in [5.41, 5.74) is 4.80. The van der Waals surface area contributed by atoms with Gasteiger partial charge in [-0.2, -0.15) is 0 Å². The lowest BCUT2D eigenvalue weighted by molar-refractivity contribution is -0.116. The lowest BCUT2D eigenvalue weighted by Crippen LogP contribution is -2.17. The third-order valence-corrected chi connectivity index (χ3v) is 4.82. The van der Waals surface area contributed by atoms with Crippen molar-refractivity contribution in [3.05, 3.63) is 53.9 Å². The Balaban J connectivity index is 1.32. The molecule has 1 N–H and O–H groups in total. The van der Waals surface area contributed by atoms with Crippen LogP contribution in [0, 0.1) is 6.92 Å². The summed E-state index contributed by atoms with van der Waals surface area (Å²) >= 11 is 0. The molecule has 5 heteroatoms. The van der Waals surface area contributed by atoms with Gasteiger partial charge in [0.1, 0.15) is 5.52 Å². The first-order valence-electron chi connectivity index (χ1n) is 9.18. The molecule has 2 heterocycles. The van der Waals surface area contributed by atoms with E-state index >= 15 is 0 Å². The molecule has 1 aliphatic rings. The molecule has 26 heavy (non-hydrogen) atoms. The van der Waals surface area contributed by atoms with Crippen LogP contribution in [0.4, 0.5) is 11.4 Å². The van der Waals surface area contributed by atoms with Crippen molar-refractivity contribution in [1.29, 1.82) is 0 Å². The fraction of sp³-hybridized carbons (Fsp3) is 0.333. The van der Waals surface area contributed by atoms with Gasteiger partial charge in [0.05, 0.1) is 0 Å². The number of nitrogens with zero attached hydrogens (tertiary/aromatic N) is 2. The minimum atomic E-state index is 0.0235. The Hall–Kier alpha value is -2.82. The number of carbonyl (C=O) groups is 1. The highest BCUT2D eigenvalue weighted by atomic mass is 16.3. The second kappa shape index (κ2) is 7.20. The average molecular weight is 349 g/mol. The number of hydrogen-bond donors (Lipinski definition) is 1. The third kappa shape index (κ3) is 3.72. The first-order valence-corrected chi connectivity index (χ1v) is 9.18. The summed E-state index contributed by atoms with van der Waals surface area (Å²) in [7, 11) is 0. The van der Waals surface area contributed by atoms with Crippen molar-refractivity contribution in [2.45, 2.75) is 32.6 Å². The summed E-state index contributed by atoms with van der Waals surface area (Å²) in [5, 5.41) is 2.98. The van der Waals surface area contributed by atoms with E-state index in [1.807, 2.05) is 37.3 Å². The number of amides is 1. The topological polar surface area (TPSA) is 58.4 Å². The van der Waals surface area contributed by atoms with Crippen molar-refractivity contribution in [1.82, 2.24) is 4.98 Å². The van der Waals surface area contributed by atoms with Crippen molar-refractivity contribution >= 4 is 28.4 Å². The van der Waals surface area contributed by atoms with Gasteiger partial charge in [0.25, 0.3) is 0 Å². The molecular weight excluding hydrogens is 326 g/mol. The molecule has 0 bridgehead atoms. The Kier molecular flexibility index (Phi) is 4.61. The molecule has 0 atom stereocenters. The molecule has 134 valence electrons. The van der Waals surface area contributed by atoms with Crippen LogP contribution < -0.4 is 10.2 Å². The normalized spacial score (nSPS) is 14.1. The number of hydrogen-bond acceptors (Lipinski definition) is 4. The van der Waals surface area contributed by atoms with Gasteiger partial charge in [-0.3, -0.25) is 4.79 Å². The van der Waals surface area contributed by atoms with E-state index in [0.717, 1.165) is 35.4 Å². The maximum atomic E-state index is 12.2. The van der Waals surface area contributed by atoms with E-state index in [4.69, 9.17) is 4.42 Å². The number of nitrogens with one attached hydrogen (secondary N) is 1. The number of oxazole rings is 1. The molecule has 1 aliphatic heterocycles. The fourth-order valence-electron chi connectivity index (χ4n) is 3.46. The van der Waals surface area contributed by atoms with E-state index in [1.54, 1.807) is 0 Å². The molecule has 0 unspecified atom stereocenters. The van der Waals surface area contributed by atoms with Crippen LogP contribution in [0.2, 0.25) is 0 Å². The van der Waals surface area contributed by atoms with Gasteiger partial charge >= 0.3 is 0 Å². The molecule has 5 nitrogen and oxygen atoms in total. The van der Waals surface area contributed by atoms with E-state index in [-0.39, 0.29) is 5.91 Å². The Morgan fingerprint density at radius 3 is 2.69 bits per heavy atom. The van der Waals surface area contributed by atoms with Crippen LogP contribution in [0.3, 0.4) is 0 Å².